The lowest BCUT2D eigenvalue weighted by molar-refractivity contribution is 0.0696. The summed E-state index contributed by atoms with van der Waals surface area (Å²) in [5, 5.41) is 20.8. The fourth-order valence-electron chi connectivity index (χ4n) is 2.15. The molecular formula is C15H24N2O5S. The number of benzene rings is 1. The smallest absolute Gasteiger partial charge is 0.335 e. The topological polar surface area (TPSA) is 116 Å². The second kappa shape index (κ2) is 8.85. The van der Waals surface area contributed by atoms with E-state index < -0.39 is 16.0 Å². The van der Waals surface area contributed by atoms with Crippen LogP contribution in [0.15, 0.2) is 23.1 Å². The van der Waals surface area contributed by atoms with Gasteiger partial charge in [-0.25, -0.2) is 17.9 Å². The highest BCUT2D eigenvalue weighted by atomic mass is 32.2. The van der Waals surface area contributed by atoms with Gasteiger partial charge in [0.15, 0.2) is 0 Å². The predicted molar refractivity (Wildman–Crippen MR) is 88.3 cm³/mol. The molecule has 0 spiro atoms. The van der Waals surface area contributed by atoms with Gasteiger partial charge in [0.05, 0.1) is 11.3 Å². The van der Waals surface area contributed by atoms with Gasteiger partial charge in [-0.05, 0) is 38.0 Å². The largest absolute Gasteiger partial charge is 0.478 e. The molecule has 0 aliphatic carbocycles. The van der Waals surface area contributed by atoms with Crippen LogP contribution in [-0.4, -0.2) is 43.8 Å². The summed E-state index contributed by atoms with van der Waals surface area (Å²) in [6.07, 6.45) is 1.98. The third kappa shape index (κ3) is 5.81. The van der Waals surface area contributed by atoms with Crippen molar-refractivity contribution in [2.75, 3.05) is 18.5 Å². The molecule has 0 amide bonds. The molecule has 0 aliphatic heterocycles. The Morgan fingerprint density at radius 1 is 1.35 bits per heavy atom. The van der Waals surface area contributed by atoms with Crippen LogP contribution in [-0.2, 0) is 10.0 Å². The van der Waals surface area contributed by atoms with Crippen LogP contribution < -0.4 is 10.0 Å². The second-order valence-electron chi connectivity index (χ2n) is 5.33. The Bertz CT molecular complexity index is 631. The van der Waals surface area contributed by atoms with Gasteiger partial charge in [0, 0.05) is 19.2 Å². The van der Waals surface area contributed by atoms with Crippen molar-refractivity contribution in [1.29, 1.82) is 0 Å². The van der Waals surface area contributed by atoms with Gasteiger partial charge >= 0.3 is 5.97 Å². The van der Waals surface area contributed by atoms with Crippen LogP contribution >= 0.6 is 0 Å². The quantitative estimate of drug-likeness (QED) is 0.480. The van der Waals surface area contributed by atoms with Gasteiger partial charge in [0.1, 0.15) is 4.90 Å². The minimum absolute atomic E-state index is 0.0198. The minimum atomic E-state index is -3.84. The van der Waals surface area contributed by atoms with Crippen molar-refractivity contribution in [2.45, 2.75) is 44.0 Å². The number of aromatic carboxylic acids is 1. The SMILES string of the molecule is CCC[C@@H](C)NS(=O)(=O)c1cc(C(=O)O)ccc1NCCCO. The van der Waals surface area contributed by atoms with Crippen molar-refractivity contribution in [3.05, 3.63) is 23.8 Å². The zero-order valence-electron chi connectivity index (χ0n) is 13.4. The molecule has 8 heteroatoms. The van der Waals surface area contributed by atoms with Crippen LogP contribution in [0.4, 0.5) is 5.69 Å². The van der Waals surface area contributed by atoms with E-state index in [0.29, 0.717) is 25.1 Å². The molecule has 1 atom stereocenters. The van der Waals surface area contributed by atoms with Crippen molar-refractivity contribution in [1.82, 2.24) is 4.72 Å². The highest BCUT2D eigenvalue weighted by Gasteiger charge is 2.22. The number of anilines is 1. The Hall–Kier alpha value is -1.64. The number of sulfonamides is 1. The Kier molecular flexibility index (Phi) is 7.47. The van der Waals surface area contributed by atoms with Crippen LogP contribution in [0.5, 0.6) is 0 Å². The Labute approximate surface area is 136 Å². The molecule has 0 aliphatic rings. The molecule has 7 nitrogen and oxygen atoms in total. The van der Waals surface area contributed by atoms with Crippen LogP contribution in [0.1, 0.15) is 43.5 Å². The van der Waals surface area contributed by atoms with E-state index >= 15 is 0 Å². The summed E-state index contributed by atoms with van der Waals surface area (Å²) < 4.78 is 27.7. The summed E-state index contributed by atoms with van der Waals surface area (Å²) in [4.78, 5) is 11.0. The summed E-state index contributed by atoms with van der Waals surface area (Å²) in [7, 11) is -3.84. The molecule has 0 heterocycles. The van der Waals surface area contributed by atoms with Crippen molar-refractivity contribution >= 4 is 21.7 Å². The Morgan fingerprint density at radius 2 is 2.04 bits per heavy atom. The molecule has 0 radical (unpaired) electrons. The second-order valence-corrected chi connectivity index (χ2v) is 7.01. The molecule has 1 aromatic rings. The molecule has 1 rings (SSSR count). The summed E-state index contributed by atoms with van der Waals surface area (Å²) >= 11 is 0. The first-order valence-corrected chi connectivity index (χ1v) is 9.04. The number of carbonyl (C=O) groups is 1. The van der Waals surface area contributed by atoms with E-state index in [1.165, 1.54) is 12.1 Å². The van der Waals surface area contributed by atoms with Crippen LogP contribution in [0.3, 0.4) is 0 Å². The lowest BCUT2D eigenvalue weighted by Gasteiger charge is -2.17. The minimum Gasteiger partial charge on any atom is -0.478 e. The maximum Gasteiger partial charge on any atom is 0.335 e. The first kappa shape index (κ1) is 19.4. The van der Waals surface area contributed by atoms with Crippen molar-refractivity contribution in [3.63, 3.8) is 0 Å². The van der Waals surface area contributed by atoms with E-state index in [9.17, 15) is 13.2 Å². The highest BCUT2D eigenvalue weighted by Crippen LogP contribution is 2.23. The van der Waals surface area contributed by atoms with Gasteiger partial charge in [-0.15, -0.1) is 0 Å². The van der Waals surface area contributed by atoms with Crippen molar-refractivity contribution in [3.8, 4) is 0 Å². The summed E-state index contributed by atoms with van der Waals surface area (Å²) in [5.41, 5.74) is 0.223. The van der Waals surface area contributed by atoms with E-state index in [1.807, 2.05) is 6.92 Å². The van der Waals surface area contributed by atoms with E-state index in [2.05, 4.69) is 10.0 Å². The molecule has 0 saturated heterocycles. The van der Waals surface area contributed by atoms with Gasteiger partial charge < -0.3 is 15.5 Å². The molecule has 1 aromatic carbocycles. The average Bonchev–Trinajstić information content (AvgIpc) is 2.47. The Morgan fingerprint density at radius 3 is 2.61 bits per heavy atom. The maximum absolute atomic E-state index is 12.6. The average molecular weight is 344 g/mol. The fourth-order valence-corrected chi connectivity index (χ4v) is 3.63. The van der Waals surface area contributed by atoms with E-state index in [0.717, 1.165) is 12.5 Å². The third-order valence-electron chi connectivity index (χ3n) is 3.25. The lowest BCUT2D eigenvalue weighted by Crippen LogP contribution is -2.33. The Balaban J connectivity index is 3.16. The number of rotatable bonds is 10. The maximum atomic E-state index is 12.6. The fraction of sp³-hybridized carbons (Fsp3) is 0.533. The zero-order chi connectivity index (χ0) is 17.5. The molecule has 0 aromatic heterocycles. The number of aliphatic hydroxyl groups excluding tert-OH is 1. The summed E-state index contributed by atoms with van der Waals surface area (Å²) in [6.45, 7) is 4.09. The number of aliphatic hydroxyl groups is 1. The standard InChI is InChI=1S/C15H24N2O5S/c1-3-5-11(2)17-23(21,22)14-10-12(15(19)20)6-7-13(14)16-8-4-9-18/h6-7,10-11,16-18H,3-5,8-9H2,1-2H3,(H,19,20)/t11-/m1/s1. The van der Waals surface area contributed by atoms with Crippen LogP contribution in [0.2, 0.25) is 0 Å². The lowest BCUT2D eigenvalue weighted by atomic mass is 10.2. The number of hydrogen-bond donors (Lipinski definition) is 4. The first-order chi connectivity index (χ1) is 10.8. The normalized spacial score (nSPS) is 12.8. The van der Waals surface area contributed by atoms with Crippen LogP contribution in [0, 0.1) is 0 Å². The number of carboxylic acid groups (broad SMARTS) is 1. The highest BCUT2D eigenvalue weighted by molar-refractivity contribution is 7.89. The summed E-state index contributed by atoms with van der Waals surface area (Å²) in [5.74, 6) is -1.19. The van der Waals surface area contributed by atoms with E-state index in [-0.39, 0.29) is 23.1 Å². The molecule has 0 fully saturated rings. The summed E-state index contributed by atoms with van der Waals surface area (Å²) in [6, 6.07) is 3.67. The van der Waals surface area contributed by atoms with Crippen molar-refractivity contribution in [2.24, 2.45) is 0 Å². The molecule has 0 bridgehead atoms. The number of nitrogens with one attached hydrogen (secondary N) is 2. The van der Waals surface area contributed by atoms with Gasteiger partial charge in [0.25, 0.3) is 0 Å². The van der Waals surface area contributed by atoms with E-state index in [4.69, 9.17) is 10.2 Å². The van der Waals surface area contributed by atoms with Gasteiger partial charge in [-0.2, -0.15) is 0 Å². The van der Waals surface area contributed by atoms with Gasteiger partial charge in [-0.1, -0.05) is 13.3 Å². The molecule has 130 valence electrons. The number of carboxylic acids is 1. The molecule has 4 N–H and O–H groups in total. The van der Waals surface area contributed by atoms with Crippen molar-refractivity contribution < 1.29 is 23.4 Å². The first-order valence-electron chi connectivity index (χ1n) is 7.56. The molecular weight excluding hydrogens is 320 g/mol. The molecule has 23 heavy (non-hydrogen) atoms. The molecule has 0 unspecified atom stereocenters. The zero-order valence-corrected chi connectivity index (χ0v) is 14.2. The molecule has 0 saturated carbocycles. The van der Waals surface area contributed by atoms with Crippen LogP contribution in [0.25, 0.3) is 0 Å². The predicted octanol–water partition coefficient (Wildman–Crippen LogP) is 1.65. The third-order valence-corrected chi connectivity index (χ3v) is 4.88. The van der Waals surface area contributed by atoms with E-state index in [1.54, 1.807) is 6.92 Å². The monoisotopic (exact) mass is 344 g/mol. The number of hydrogen-bond acceptors (Lipinski definition) is 5. The van der Waals surface area contributed by atoms with Gasteiger partial charge in [0.2, 0.25) is 10.0 Å². The van der Waals surface area contributed by atoms with Gasteiger partial charge in [-0.3, -0.25) is 0 Å².